The lowest BCUT2D eigenvalue weighted by Gasteiger charge is -2.32. The summed E-state index contributed by atoms with van der Waals surface area (Å²) in [6.07, 6.45) is 1.04. The predicted octanol–water partition coefficient (Wildman–Crippen LogP) is 4.74. The van der Waals surface area contributed by atoms with Crippen LogP contribution in [0.2, 0.25) is 0 Å². The lowest BCUT2D eigenvalue weighted by Crippen LogP contribution is -2.48. The molecule has 0 aliphatic rings. The number of hydrogen-bond acceptors (Lipinski definition) is 5. The van der Waals surface area contributed by atoms with E-state index in [1.165, 1.54) is 0 Å². The summed E-state index contributed by atoms with van der Waals surface area (Å²) in [7, 11) is 0. The van der Waals surface area contributed by atoms with Gasteiger partial charge in [0.15, 0.2) is 0 Å². The Morgan fingerprint density at radius 1 is 1.09 bits per heavy atom. The predicted molar refractivity (Wildman–Crippen MR) is 133 cm³/mol. The molecule has 7 heteroatoms. The van der Waals surface area contributed by atoms with Gasteiger partial charge in [0.05, 0.1) is 3.57 Å². The molecule has 0 spiro atoms. The molecule has 0 fully saturated rings. The molecule has 0 saturated heterocycles. The summed E-state index contributed by atoms with van der Waals surface area (Å²) >= 11 is 2.08. The van der Waals surface area contributed by atoms with E-state index in [9.17, 15) is 19.8 Å². The molecule has 0 aliphatic heterocycles. The number of halogens is 1. The van der Waals surface area contributed by atoms with Crippen molar-refractivity contribution >= 4 is 34.5 Å². The Kier molecular flexibility index (Phi) is 8.95. The second kappa shape index (κ2) is 11.0. The van der Waals surface area contributed by atoms with E-state index in [1.54, 1.807) is 49.9 Å². The number of hydrogen-bond donors (Lipinski definition) is 2. The van der Waals surface area contributed by atoms with Crippen molar-refractivity contribution in [2.75, 3.05) is 6.54 Å². The molecule has 0 aliphatic carbocycles. The quantitative estimate of drug-likeness (QED) is 0.364. The van der Waals surface area contributed by atoms with Gasteiger partial charge < -0.3 is 19.8 Å². The molecule has 6 nitrogen and oxygen atoms in total. The van der Waals surface area contributed by atoms with Crippen molar-refractivity contribution in [1.82, 2.24) is 4.90 Å². The molecule has 0 heterocycles. The first-order chi connectivity index (χ1) is 14.9. The van der Waals surface area contributed by atoms with Crippen LogP contribution in [0.4, 0.5) is 0 Å². The minimum Gasteiger partial charge on any atom is -0.508 e. The summed E-state index contributed by atoms with van der Waals surface area (Å²) in [6, 6.07) is 9.59. The van der Waals surface area contributed by atoms with Gasteiger partial charge in [-0.3, -0.25) is 4.79 Å². The second-order valence-corrected chi connectivity index (χ2v) is 10.0. The van der Waals surface area contributed by atoms with Gasteiger partial charge in [0.2, 0.25) is 5.91 Å². The molecule has 0 aromatic heterocycles. The summed E-state index contributed by atoms with van der Waals surface area (Å²) < 4.78 is 6.37. The third-order valence-electron chi connectivity index (χ3n) is 5.02. The number of carbonyl (C=O) groups is 2. The van der Waals surface area contributed by atoms with Gasteiger partial charge in [0.25, 0.3) is 0 Å². The molecule has 1 amide bonds. The van der Waals surface area contributed by atoms with E-state index in [-0.39, 0.29) is 23.8 Å². The molecule has 1 atom stereocenters. The van der Waals surface area contributed by atoms with Gasteiger partial charge in [-0.2, -0.15) is 0 Å². The number of carbonyl (C=O) groups excluding carboxylic acids is 2. The Labute approximate surface area is 203 Å². The highest BCUT2D eigenvalue weighted by atomic mass is 127. The molecule has 32 heavy (non-hydrogen) atoms. The van der Waals surface area contributed by atoms with Crippen molar-refractivity contribution in [2.24, 2.45) is 0 Å². The first-order valence-electron chi connectivity index (χ1n) is 10.7. The molecule has 2 N–H and O–H groups in total. The van der Waals surface area contributed by atoms with Crippen molar-refractivity contribution in [2.45, 2.75) is 65.5 Å². The SMILES string of the molecule is CCN(C(=O)CCc1cc(C)c(O)c(I)c1)C(Cc1ccc(O)cc1)C(=O)OC(C)(C)C. The zero-order valence-electron chi connectivity index (χ0n) is 19.3. The van der Waals surface area contributed by atoms with Crippen LogP contribution in [-0.4, -0.2) is 45.2 Å². The van der Waals surface area contributed by atoms with Crippen LogP contribution < -0.4 is 0 Å². The number of esters is 1. The van der Waals surface area contributed by atoms with E-state index < -0.39 is 17.6 Å². The standard InChI is InChI=1S/C25H32INO5/c1-6-27(22(29)12-9-18-13-16(2)23(30)20(26)14-18)21(24(31)32-25(3,4)5)15-17-7-10-19(28)11-8-17/h7-8,10-11,13-14,21,28,30H,6,9,12,15H2,1-5H3. The molecule has 0 saturated carbocycles. The zero-order chi connectivity index (χ0) is 24.1. The molecule has 2 aromatic rings. The Balaban J connectivity index is 2.22. The molecular formula is C25H32INO5. The number of benzene rings is 2. The largest absolute Gasteiger partial charge is 0.508 e. The van der Waals surface area contributed by atoms with Crippen molar-refractivity contribution in [3.8, 4) is 11.5 Å². The van der Waals surface area contributed by atoms with Crippen LogP contribution in [0.1, 0.15) is 50.8 Å². The Morgan fingerprint density at radius 2 is 1.72 bits per heavy atom. The second-order valence-electron chi connectivity index (χ2n) is 8.84. The highest BCUT2D eigenvalue weighted by Crippen LogP contribution is 2.26. The smallest absolute Gasteiger partial charge is 0.329 e. The molecule has 0 radical (unpaired) electrons. The van der Waals surface area contributed by atoms with Crippen LogP contribution in [0.3, 0.4) is 0 Å². The fourth-order valence-electron chi connectivity index (χ4n) is 3.46. The monoisotopic (exact) mass is 553 g/mol. The van der Waals surface area contributed by atoms with Gasteiger partial charge in [-0.1, -0.05) is 18.2 Å². The summed E-state index contributed by atoms with van der Waals surface area (Å²) in [6.45, 7) is 9.45. The topological polar surface area (TPSA) is 87.1 Å². The lowest BCUT2D eigenvalue weighted by atomic mass is 10.0. The number of likely N-dealkylation sites (N-methyl/N-ethyl adjacent to an activating group) is 1. The van der Waals surface area contributed by atoms with Crippen molar-refractivity contribution < 1.29 is 24.5 Å². The van der Waals surface area contributed by atoms with Crippen molar-refractivity contribution in [3.63, 3.8) is 0 Å². The number of phenolic OH excluding ortho intramolecular Hbond substituents is 2. The summed E-state index contributed by atoms with van der Waals surface area (Å²) in [5.74, 6) is -0.182. The normalized spacial score (nSPS) is 12.3. The number of aryl methyl sites for hydroxylation is 2. The third-order valence-corrected chi connectivity index (χ3v) is 5.85. The minimum absolute atomic E-state index is 0.136. The maximum absolute atomic E-state index is 13.2. The minimum atomic E-state index is -0.766. The number of rotatable bonds is 8. The van der Waals surface area contributed by atoms with Crippen LogP contribution >= 0.6 is 22.6 Å². The Bertz CT molecular complexity index is 927. The Morgan fingerprint density at radius 3 is 2.25 bits per heavy atom. The van der Waals surface area contributed by atoms with Gasteiger partial charge >= 0.3 is 5.97 Å². The van der Waals surface area contributed by atoms with E-state index >= 15 is 0 Å². The van der Waals surface area contributed by atoms with Crippen LogP contribution in [-0.2, 0) is 27.2 Å². The number of amides is 1. The van der Waals surface area contributed by atoms with Crippen LogP contribution in [0, 0.1) is 10.5 Å². The van der Waals surface area contributed by atoms with E-state index in [2.05, 4.69) is 22.6 Å². The van der Waals surface area contributed by atoms with E-state index in [4.69, 9.17) is 4.74 Å². The maximum Gasteiger partial charge on any atom is 0.329 e. The first-order valence-corrected chi connectivity index (χ1v) is 11.8. The molecule has 2 aromatic carbocycles. The fraction of sp³-hybridized carbons (Fsp3) is 0.440. The van der Waals surface area contributed by atoms with Crippen molar-refractivity contribution in [1.29, 1.82) is 0 Å². The van der Waals surface area contributed by atoms with Crippen LogP contribution in [0.5, 0.6) is 11.5 Å². The number of ether oxygens (including phenoxy) is 1. The molecule has 1 unspecified atom stereocenters. The van der Waals surface area contributed by atoms with Crippen molar-refractivity contribution in [3.05, 3.63) is 56.7 Å². The Hall–Kier alpha value is -2.29. The van der Waals surface area contributed by atoms with Gasteiger partial charge in [-0.15, -0.1) is 0 Å². The number of nitrogens with zero attached hydrogens (tertiary/aromatic N) is 1. The first kappa shape index (κ1) is 26.0. The van der Waals surface area contributed by atoms with Gasteiger partial charge in [-0.25, -0.2) is 4.79 Å². The number of phenols is 2. The fourth-order valence-corrected chi connectivity index (χ4v) is 4.29. The number of aromatic hydroxyl groups is 2. The average molecular weight is 553 g/mol. The summed E-state index contributed by atoms with van der Waals surface area (Å²) in [5.41, 5.74) is 1.88. The van der Waals surface area contributed by atoms with Gasteiger partial charge in [0, 0.05) is 19.4 Å². The highest BCUT2D eigenvalue weighted by molar-refractivity contribution is 14.1. The van der Waals surface area contributed by atoms with Gasteiger partial charge in [0.1, 0.15) is 23.1 Å². The van der Waals surface area contributed by atoms with Gasteiger partial charge in [-0.05, 0) is 98.5 Å². The van der Waals surface area contributed by atoms with E-state index in [0.717, 1.165) is 20.3 Å². The molecular weight excluding hydrogens is 521 g/mol. The third kappa shape index (κ3) is 7.39. The highest BCUT2D eigenvalue weighted by Gasteiger charge is 2.32. The molecule has 2 rings (SSSR count). The molecule has 0 bridgehead atoms. The summed E-state index contributed by atoms with van der Waals surface area (Å²) in [5, 5.41) is 19.5. The maximum atomic E-state index is 13.2. The van der Waals surface area contributed by atoms with E-state index in [0.29, 0.717) is 19.4 Å². The van der Waals surface area contributed by atoms with E-state index in [1.807, 2.05) is 26.0 Å². The lowest BCUT2D eigenvalue weighted by molar-refractivity contribution is -0.164. The zero-order valence-corrected chi connectivity index (χ0v) is 21.5. The molecule has 174 valence electrons. The van der Waals surface area contributed by atoms with Crippen LogP contribution in [0.15, 0.2) is 36.4 Å². The summed E-state index contributed by atoms with van der Waals surface area (Å²) in [4.78, 5) is 27.8. The average Bonchev–Trinajstić information content (AvgIpc) is 2.70. The van der Waals surface area contributed by atoms with Crippen LogP contribution in [0.25, 0.3) is 0 Å².